The van der Waals surface area contributed by atoms with Crippen molar-refractivity contribution < 1.29 is 14.2 Å². The van der Waals surface area contributed by atoms with Crippen LogP contribution in [0.5, 0.6) is 5.88 Å². The molecule has 1 aromatic heterocycles. The van der Waals surface area contributed by atoms with Gasteiger partial charge in [0.25, 0.3) is 0 Å². The second-order valence-corrected chi connectivity index (χ2v) is 4.65. The van der Waals surface area contributed by atoms with E-state index in [1.807, 2.05) is 0 Å². The lowest BCUT2D eigenvalue weighted by molar-refractivity contribution is -0.0583. The topological polar surface area (TPSA) is 56.7 Å². The minimum absolute atomic E-state index is 0.176. The highest BCUT2D eigenvalue weighted by Gasteiger charge is 2.41. The Hall–Kier alpha value is -1.40. The zero-order valence-corrected chi connectivity index (χ0v) is 10.5. The minimum atomic E-state index is -0.176. The van der Waals surface area contributed by atoms with E-state index in [0.717, 1.165) is 26.1 Å². The standard InChI is InChI=1S/C12H17N3O3/c1-16-10-2-4-13-11(14-10)15-5-7-18-12(8-15)3-6-17-9-12/h2,4H,3,5-9H2,1H3. The Labute approximate surface area is 106 Å². The van der Waals surface area contributed by atoms with Crippen molar-refractivity contribution in [3.05, 3.63) is 12.3 Å². The van der Waals surface area contributed by atoms with Gasteiger partial charge in [0.2, 0.25) is 11.8 Å². The van der Waals surface area contributed by atoms with Gasteiger partial charge < -0.3 is 19.1 Å². The number of rotatable bonds is 2. The Balaban J connectivity index is 1.78. The fraction of sp³-hybridized carbons (Fsp3) is 0.667. The molecular formula is C12H17N3O3. The van der Waals surface area contributed by atoms with E-state index in [9.17, 15) is 0 Å². The Morgan fingerprint density at radius 3 is 3.17 bits per heavy atom. The van der Waals surface area contributed by atoms with Crippen LogP contribution in [0.25, 0.3) is 0 Å². The van der Waals surface area contributed by atoms with E-state index in [0.29, 0.717) is 25.0 Å². The molecule has 0 amide bonds. The highest BCUT2D eigenvalue weighted by molar-refractivity contribution is 5.33. The zero-order chi connectivity index (χ0) is 12.4. The predicted octanol–water partition coefficient (Wildman–Crippen LogP) is 0.481. The number of hydrogen-bond donors (Lipinski definition) is 0. The maximum atomic E-state index is 5.88. The van der Waals surface area contributed by atoms with Gasteiger partial charge in [-0.2, -0.15) is 4.98 Å². The molecule has 2 aliphatic heterocycles. The van der Waals surface area contributed by atoms with Gasteiger partial charge in [-0.05, 0) is 0 Å². The van der Waals surface area contributed by atoms with E-state index in [2.05, 4.69) is 14.9 Å². The monoisotopic (exact) mass is 251 g/mol. The molecular weight excluding hydrogens is 234 g/mol. The normalized spacial score (nSPS) is 27.7. The number of methoxy groups -OCH3 is 1. The van der Waals surface area contributed by atoms with Gasteiger partial charge in [0, 0.05) is 31.8 Å². The van der Waals surface area contributed by atoms with E-state index < -0.39 is 0 Å². The van der Waals surface area contributed by atoms with Crippen molar-refractivity contribution in [3.8, 4) is 5.88 Å². The van der Waals surface area contributed by atoms with Crippen molar-refractivity contribution in [1.82, 2.24) is 9.97 Å². The molecule has 2 fully saturated rings. The van der Waals surface area contributed by atoms with Crippen LogP contribution in [0.15, 0.2) is 12.3 Å². The Morgan fingerprint density at radius 1 is 1.44 bits per heavy atom. The molecule has 3 heterocycles. The molecule has 0 bridgehead atoms. The number of hydrogen-bond acceptors (Lipinski definition) is 6. The highest BCUT2D eigenvalue weighted by Crippen LogP contribution is 2.29. The van der Waals surface area contributed by atoms with Gasteiger partial charge in [-0.1, -0.05) is 0 Å². The molecule has 1 unspecified atom stereocenters. The summed E-state index contributed by atoms with van der Waals surface area (Å²) < 4.78 is 16.5. The van der Waals surface area contributed by atoms with Gasteiger partial charge in [-0.15, -0.1) is 0 Å². The van der Waals surface area contributed by atoms with E-state index >= 15 is 0 Å². The van der Waals surface area contributed by atoms with Crippen LogP contribution in [0.3, 0.4) is 0 Å². The molecule has 98 valence electrons. The first-order chi connectivity index (χ1) is 8.81. The molecule has 1 aromatic rings. The summed E-state index contributed by atoms with van der Waals surface area (Å²) in [6.07, 6.45) is 2.65. The summed E-state index contributed by atoms with van der Waals surface area (Å²) in [5.41, 5.74) is -0.176. The number of morpholine rings is 1. The van der Waals surface area contributed by atoms with Crippen molar-refractivity contribution in [1.29, 1.82) is 0 Å². The van der Waals surface area contributed by atoms with Crippen molar-refractivity contribution in [2.24, 2.45) is 0 Å². The molecule has 0 radical (unpaired) electrons. The summed E-state index contributed by atoms with van der Waals surface area (Å²) >= 11 is 0. The molecule has 0 saturated carbocycles. The first-order valence-corrected chi connectivity index (χ1v) is 6.15. The number of aromatic nitrogens is 2. The molecule has 0 aromatic carbocycles. The number of nitrogens with zero attached hydrogens (tertiary/aromatic N) is 3. The van der Waals surface area contributed by atoms with Crippen molar-refractivity contribution in [2.45, 2.75) is 12.0 Å². The van der Waals surface area contributed by atoms with E-state index in [4.69, 9.17) is 14.2 Å². The quantitative estimate of drug-likeness (QED) is 0.762. The molecule has 1 atom stereocenters. The third kappa shape index (κ3) is 2.13. The van der Waals surface area contributed by atoms with Gasteiger partial charge in [0.05, 0.1) is 26.9 Å². The SMILES string of the molecule is COc1ccnc(N2CCOC3(CCOC3)C2)n1. The summed E-state index contributed by atoms with van der Waals surface area (Å²) in [5, 5.41) is 0. The van der Waals surface area contributed by atoms with Gasteiger partial charge in [-0.3, -0.25) is 0 Å². The summed E-state index contributed by atoms with van der Waals surface area (Å²) in [6.45, 7) is 3.69. The Bertz CT molecular complexity index is 421. The predicted molar refractivity (Wildman–Crippen MR) is 64.9 cm³/mol. The summed E-state index contributed by atoms with van der Waals surface area (Å²) in [7, 11) is 1.61. The lowest BCUT2D eigenvalue weighted by Crippen LogP contribution is -2.53. The van der Waals surface area contributed by atoms with Crippen LogP contribution in [0.1, 0.15) is 6.42 Å². The van der Waals surface area contributed by atoms with E-state index in [-0.39, 0.29) is 5.60 Å². The van der Waals surface area contributed by atoms with Crippen molar-refractivity contribution in [3.63, 3.8) is 0 Å². The van der Waals surface area contributed by atoms with Gasteiger partial charge >= 0.3 is 0 Å². The summed E-state index contributed by atoms with van der Waals surface area (Å²) in [4.78, 5) is 10.8. The molecule has 0 N–H and O–H groups in total. The van der Waals surface area contributed by atoms with Crippen LogP contribution in [0.4, 0.5) is 5.95 Å². The van der Waals surface area contributed by atoms with Crippen molar-refractivity contribution >= 4 is 5.95 Å². The summed E-state index contributed by atoms with van der Waals surface area (Å²) in [5.74, 6) is 1.28. The largest absolute Gasteiger partial charge is 0.481 e. The van der Waals surface area contributed by atoms with Crippen LogP contribution in [0, 0.1) is 0 Å². The van der Waals surface area contributed by atoms with Gasteiger partial charge in [0.1, 0.15) is 5.60 Å². The molecule has 6 heteroatoms. The lowest BCUT2D eigenvalue weighted by atomic mass is 10.0. The first kappa shape index (κ1) is 11.7. The highest BCUT2D eigenvalue weighted by atomic mass is 16.6. The van der Waals surface area contributed by atoms with E-state index in [1.165, 1.54) is 0 Å². The summed E-state index contributed by atoms with van der Waals surface area (Å²) in [6, 6.07) is 1.75. The molecule has 2 aliphatic rings. The minimum Gasteiger partial charge on any atom is -0.481 e. The van der Waals surface area contributed by atoms with Crippen molar-refractivity contribution in [2.75, 3.05) is 44.9 Å². The van der Waals surface area contributed by atoms with Crippen LogP contribution in [-0.2, 0) is 9.47 Å². The molecule has 0 aliphatic carbocycles. The van der Waals surface area contributed by atoms with Gasteiger partial charge in [0.15, 0.2) is 0 Å². The second kappa shape index (κ2) is 4.70. The molecule has 1 spiro atoms. The lowest BCUT2D eigenvalue weighted by Gasteiger charge is -2.39. The molecule has 6 nitrogen and oxygen atoms in total. The van der Waals surface area contributed by atoms with Crippen LogP contribution in [-0.4, -0.2) is 55.6 Å². The Kier molecular flexibility index (Phi) is 3.05. The number of ether oxygens (including phenoxy) is 3. The fourth-order valence-electron chi connectivity index (χ4n) is 2.44. The van der Waals surface area contributed by atoms with Gasteiger partial charge in [-0.25, -0.2) is 4.98 Å². The third-order valence-corrected chi connectivity index (χ3v) is 3.42. The molecule has 3 rings (SSSR count). The second-order valence-electron chi connectivity index (χ2n) is 4.65. The average Bonchev–Trinajstić information content (AvgIpc) is 2.87. The zero-order valence-electron chi connectivity index (χ0n) is 10.5. The Morgan fingerprint density at radius 2 is 2.39 bits per heavy atom. The van der Waals surface area contributed by atoms with Crippen LogP contribution < -0.4 is 9.64 Å². The third-order valence-electron chi connectivity index (χ3n) is 3.42. The van der Waals surface area contributed by atoms with Crippen LogP contribution >= 0.6 is 0 Å². The maximum Gasteiger partial charge on any atom is 0.228 e. The smallest absolute Gasteiger partial charge is 0.228 e. The van der Waals surface area contributed by atoms with E-state index in [1.54, 1.807) is 19.4 Å². The average molecular weight is 251 g/mol. The van der Waals surface area contributed by atoms with Crippen LogP contribution in [0.2, 0.25) is 0 Å². The molecule has 2 saturated heterocycles. The molecule has 18 heavy (non-hydrogen) atoms. The first-order valence-electron chi connectivity index (χ1n) is 6.15. The maximum absolute atomic E-state index is 5.88. The number of anilines is 1. The fourth-order valence-corrected chi connectivity index (χ4v) is 2.44.